The van der Waals surface area contributed by atoms with Gasteiger partial charge < -0.3 is 30.3 Å². The molecular weight excluding hydrogens is 617 g/mol. The molecule has 1 fully saturated rings. The molecule has 0 spiro atoms. The number of likely N-dealkylation sites (tertiary alicyclic amines) is 1. The van der Waals surface area contributed by atoms with E-state index in [1.807, 2.05) is 44.1 Å². The molecular formula is C32H35Cl2N7O4. The van der Waals surface area contributed by atoms with Gasteiger partial charge in [0, 0.05) is 61.4 Å². The van der Waals surface area contributed by atoms with Crippen molar-refractivity contribution in [3.8, 4) is 22.6 Å². The number of para-hydroxylation sites is 1. The van der Waals surface area contributed by atoms with Crippen molar-refractivity contribution < 1.29 is 14.3 Å². The highest BCUT2D eigenvalue weighted by molar-refractivity contribution is 6.41. The number of aromatic nitrogens is 3. The Balaban J connectivity index is 1.58. The number of pyridine rings is 1. The van der Waals surface area contributed by atoms with Crippen molar-refractivity contribution in [2.45, 2.75) is 13.5 Å². The standard InChI is InChI=1S/C32H35Cl2N7O4/c1-18-8-6-9-22(35)29(18)37-32-36-14-20-12-21(26-27(33)23(44-4)13-24(45-5)28(26)34)31(43)41(30(20)38-32)17-19-15-40(16-19)25(42)10-7-11-39(2)3/h6-10,12-14,19H,11,15-17,35H2,1-5H3,(H,36,37,38)/b10-7+. The lowest BCUT2D eigenvalue weighted by Crippen LogP contribution is -2.51. The molecule has 1 amide bonds. The van der Waals surface area contributed by atoms with E-state index in [0.717, 1.165) is 5.56 Å². The molecule has 2 aromatic carbocycles. The average Bonchev–Trinajstić information content (AvgIpc) is 2.98. The molecule has 0 atom stereocenters. The zero-order chi connectivity index (χ0) is 32.4. The lowest BCUT2D eigenvalue weighted by Gasteiger charge is -2.39. The van der Waals surface area contributed by atoms with Crippen LogP contribution >= 0.6 is 23.2 Å². The Bertz CT molecular complexity index is 1800. The summed E-state index contributed by atoms with van der Waals surface area (Å²) >= 11 is 13.5. The second kappa shape index (κ2) is 13.4. The largest absolute Gasteiger partial charge is 0.495 e. The molecule has 3 heterocycles. The first-order valence-electron chi connectivity index (χ1n) is 14.3. The van der Waals surface area contributed by atoms with Crippen molar-refractivity contribution in [3.63, 3.8) is 0 Å². The monoisotopic (exact) mass is 651 g/mol. The molecule has 1 saturated heterocycles. The highest BCUT2D eigenvalue weighted by Gasteiger charge is 2.31. The number of hydrogen-bond acceptors (Lipinski definition) is 9. The summed E-state index contributed by atoms with van der Waals surface area (Å²) in [5, 5.41) is 4.13. The fourth-order valence-electron chi connectivity index (χ4n) is 5.26. The molecule has 0 bridgehead atoms. The summed E-state index contributed by atoms with van der Waals surface area (Å²) in [6, 6.07) is 8.81. The molecule has 2 aromatic heterocycles. The number of carbonyl (C=O) groups is 1. The topological polar surface area (TPSA) is 128 Å². The van der Waals surface area contributed by atoms with Crippen molar-refractivity contribution in [1.82, 2.24) is 24.3 Å². The number of likely N-dealkylation sites (N-methyl/N-ethyl adjacent to an activating group) is 1. The molecule has 3 N–H and O–H groups in total. The third-order valence-electron chi connectivity index (χ3n) is 7.65. The fourth-order valence-corrected chi connectivity index (χ4v) is 5.96. The maximum absolute atomic E-state index is 14.3. The van der Waals surface area contributed by atoms with Gasteiger partial charge in [0.2, 0.25) is 11.9 Å². The van der Waals surface area contributed by atoms with Crippen LogP contribution in [-0.2, 0) is 11.3 Å². The van der Waals surface area contributed by atoms with E-state index in [1.165, 1.54) is 14.2 Å². The molecule has 1 aliphatic heterocycles. The van der Waals surface area contributed by atoms with Gasteiger partial charge in [0.1, 0.15) is 17.1 Å². The summed E-state index contributed by atoms with van der Waals surface area (Å²) < 4.78 is 12.5. The molecule has 0 radical (unpaired) electrons. The summed E-state index contributed by atoms with van der Waals surface area (Å²) in [5.41, 5.74) is 8.91. The van der Waals surface area contributed by atoms with E-state index in [4.69, 9.17) is 43.4 Å². The van der Waals surface area contributed by atoms with E-state index >= 15 is 0 Å². The number of ether oxygens (including phenoxy) is 2. The van der Waals surface area contributed by atoms with Gasteiger partial charge in [-0.25, -0.2) is 4.98 Å². The van der Waals surface area contributed by atoms with Crippen molar-refractivity contribution >= 4 is 57.5 Å². The van der Waals surface area contributed by atoms with Crippen molar-refractivity contribution in [2.24, 2.45) is 5.92 Å². The van der Waals surface area contributed by atoms with E-state index in [2.05, 4.69) is 10.3 Å². The van der Waals surface area contributed by atoms with Gasteiger partial charge in [-0.2, -0.15) is 4.98 Å². The Morgan fingerprint density at radius 2 is 1.84 bits per heavy atom. The van der Waals surface area contributed by atoms with Crippen molar-refractivity contribution in [2.75, 3.05) is 59.0 Å². The highest BCUT2D eigenvalue weighted by Crippen LogP contribution is 2.45. The Kier molecular flexibility index (Phi) is 9.52. The van der Waals surface area contributed by atoms with Crippen LogP contribution < -0.4 is 26.1 Å². The van der Waals surface area contributed by atoms with E-state index in [1.54, 1.807) is 39.9 Å². The third-order valence-corrected chi connectivity index (χ3v) is 8.40. The maximum atomic E-state index is 14.3. The van der Waals surface area contributed by atoms with Crippen molar-refractivity contribution in [3.05, 3.63) is 74.6 Å². The van der Waals surface area contributed by atoms with Crippen LogP contribution in [0.15, 0.2) is 53.5 Å². The number of hydrogen-bond donors (Lipinski definition) is 2. The Morgan fingerprint density at radius 3 is 2.47 bits per heavy atom. The van der Waals surface area contributed by atoms with Crippen LogP contribution in [0.2, 0.25) is 10.0 Å². The van der Waals surface area contributed by atoms with Gasteiger partial charge in [0.15, 0.2) is 0 Å². The Morgan fingerprint density at radius 1 is 1.16 bits per heavy atom. The molecule has 4 aromatic rings. The lowest BCUT2D eigenvalue weighted by molar-refractivity contribution is -0.132. The highest BCUT2D eigenvalue weighted by atomic mass is 35.5. The SMILES string of the molecule is COc1cc(OC)c(Cl)c(-c2cc3cnc(Nc4c(C)cccc4N)nc3n(CC3CN(C(=O)/C=C/CN(C)C)C3)c2=O)c1Cl. The Labute approximate surface area is 271 Å². The molecule has 0 aliphatic carbocycles. The zero-order valence-corrected chi connectivity index (χ0v) is 27.2. The minimum atomic E-state index is -0.364. The number of rotatable bonds is 10. The van der Waals surface area contributed by atoms with E-state index in [9.17, 15) is 9.59 Å². The number of nitrogens with one attached hydrogen (secondary N) is 1. The Hall–Kier alpha value is -4.32. The summed E-state index contributed by atoms with van der Waals surface area (Å²) in [6.07, 6.45) is 5.05. The number of methoxy groups -OCH3 is 2. The number of nitrogen functional groups attached to an aromatic ring is 1. The number of halogens is 2. The van der Waals surface area contributed by atoms with Gasteiger partial charge in [-0.3, -0.25) is 14.2 Å². The van der Waals surface area contributed by atoms with E-state index in [-0.39, 0.29) is 44.5 Å². The van der Waals surface area contributed by atoms with Crippen molar-refractivity contribution in [1.29, 1.82) is 0 Å². The molecule has 0 unspecified atom stereocenters. The molecule has 0 saturated carbocycles. The normalized spacial score (nSPS) is 13.5. The molecule has 13 heteroatoms. The number of amides is 1. The van der Waals surface area contributed by atoms with Gasteiger partial charge in [0.25, 0.3) is 5.56 Å². The minimum absolute atomic E-state index is 0.0107. The molecule has 11 nitrogen and oxygen atoms in total. The zero-order valence-electron chi connectivity index (χ0n) is 25.7. The van der Waals surface area contributed by atoms with Crippen LogP contribution in [0.4, 0.5) is 17.3 Å². The first kappa shape index (κ1) is 32.1. The van der Waals surface area contributed by atoms with Gasteiger partial charge in [-0.05, 0) is 38.7 Å². The predicted molar refractivity (Wildman–Crippen MR) is 179 cm³/mol. The number of carbonyl (C=O) groups excluding carboxylic acids is 1. The second-order valence-electron chi connectivity index (χ2n) is 11.2. The number of fused-ring (bicyclic) bond motifs is 1. The van der Waals surface area contributed by atoms with Gasteiger partial charge in [-0.15, -0.1) is 0 Å². The first-order valence-corrected chi connectivity index (χ1v) is 15.0. The quantitative estimate of drug-likeness (QED) is 0.180. The number of nitrogens with zero attached hydrogens (tertiary/aromatic N) is 5. The van der Waals surface area contributed by atoms with Crippen LogP contribution in [0.1, 0.15) is 5.56 Å². The predicted octanol–water partition coefficient (Wildman–Crippen LogP) is 4.99. The third kappa shape index (κ3) is 6.56. The van der Waals surface area contributed by atoms with E-state index in [0.29, 0.717) is 60.1 Å². The first-order chi connectivity index (χ1) is 21.5. The summed E-state index contributed by atoms with van der Waals surface area (Å²) in [4.78, 5) is 40.0. The number of nitrogens with two attached hydrogens (primary N) is 1. The van der Waals surface area contributed by atoms with Crippen LogP contribution in [0.5, 0.6) is 11.5 Å². The van der Waals surface area contributed by atoms with E-state index < -0.39 is 0 Å². The molecule has 1 aliphatic rings. The van der Waals surface area contributed by atoms with Gasteiger partial charge in [-0.1, -0.05) is 41.4 Å². The number of anilines is 3. The molecule has 5 rings (SSSR count). The summed E-state index contributed by atoms with van der Waals surface area (Å²) in [6.45, 7) is 3.88. The minimum Gasteiger partial charge on any atom is -0.495 e. The number of aryl methyl sites for hydroxylation is 1. The smallest absolute Gasteiger partial charge is 0.260 e. The molecule has 236 valence electrons. The molecule has 45 heavy (non-hydrogen) atoms. The van der Waals surface area contributed by atoms with Crippen LogP contribution in [0.3, 0.4) is 0 Å². The maximum Gasteiger partial charge on any atom is 0.260 e. The second-order valence-corrected chi connectivity index (χ2v) is 11.9. The van der Waals surface area contributed by atoms with Gasteiger partial charge >= 0.3 is 0 Å². The number of benzene rings is 2. The van der Waals surface area contributed by atoms with Gasteiger partial charge in [0.05, 0.1) is 41.2 Å². The summed E-state index contributed by atoms with van der Waals surface area (Å²) in [5.74, 6) is 0.837. The fraction of sp³-hybridized carbons (Fsp3) is 0.312. The summed E-state index contributed by atoms with van der Waals surface area (Å²) in [7, 11) is 6.82. The van der Waals surface area contributed by atoms with Crippen LogP contribution in [-0.4, -0.2) is 78.2 Å². The average molecular weight is 653 g/mol. The van der Waals surface area contributed by atoms with Crippen LogP contribution in [0.25, 0.3) is 22.2 Å². The van der Waals surface area contributed by atoms with Crippen LogP contribution in [0, 0.1) is 12.8 Å². The lowest BCUT2D eigenvalue weighted by atomic mass is 9.99.